The molecule has 0 spiro atoms. The number of nitrogens with zero attached hydrogens (tertiary/aromatic N) is 4. The third-order valence-electron chi connectivity index (χ3n) is 5.51. The summed E-state index contributed by atoms with van der Waals surface area (Å²) in [6.07, 6.45) is 1.97. The van der Waals surface area contributed by atoms with Crippen LogP contribution in [0.1, 0.15) is 60.8 Å². The summed E-state index contributed by atoms with van der Waals surface area (Å²) in [6, 6.07) is -0.139. The largest absolute Gasteiger partial charge is 0.379 e. The summed E-state index contributed by atoms with van der Waals surface area (Å²) in [7, 11) is 6.93. The van der Waals surface area contributed by atoms with Crippen LogP contribution in [0.5, 0.6) is 0 Å². The van der Waals surface area contributed by atoms with Crippen molar-refractivity contribution in [2.24, 2.45) is 5.10 Å². The average Bonchev–Trinajstić information content (AvgIpc) is 2.62. The van der Waals surface area contributed by atoms with Gasteiger partial charge in [-0.1, -0.05) is 0 Å². The van der Waals surface area contributed by atoms with Gasteiger partial charge in [-0.3, -0.25) is 5.01 Å². The molecule has 0 bridgehead atoms. The van der Waals surface area contributed by atoms with E-state index in [1.54, 1.807) is 31.3 Å². The standard InChI is InChI=1S/C20H40N4O4/c1-18(2,26-8)11-13-23-17(25)24(14-12-19(3,4)27-9)22(7)16(21-23)15-20(5,6)28-10/h11-15H2,1-10H3. The third-order valence-corrected chi connectivity index (χ3v) is 5.51. The molecule has 1 aliphatic rings. The van der Waals surface area contributed by atoms with Gasteiger partial charge in [0.05, 0.1) is 16.8 Å². The van der Waals surface area contributed by atoms with Gasteiger partial charge in [0.25, 0.3) is 0 Å². The number of rotatable bonds is 11. The van der Waals surface area contributed by atoms with E-state index in [1.165, 1.54) is 0 Å². The second-order valence-corrected chi connectivity index (χ2v) is 9.14. The van der Waals surface area contributed by atoms with Crippen LogP contribution in [0.4, 0.5) is 4.79 Å². The molecule has 0 aromatic rings. The number of carbonyl (C=O) groups is 1. The van der Waals surface area contributed by atoms with E-state index < -0.39 is 0 Å². The van der Waals surface area contributed by atoms with Gasteiger partial charge in [0, 0.05) is 47.9 Å². The Morgan fingerprint density at radius 3 is 1.75 bits per heavy atom. The Kier molecular flexibility index (Phi) is 8.29. The first-order valence-corrected chi connectivity index (χ1v) is 9.83. The van der Waals surface area contributed by atoms with Crippen molar-refractivity contribution < 1.29 is 19.0 Å². The molecule has 0 fully saturated rings. The third kappa shape index (κ3) is 6.90. The van der Waals surface area contributed by atoms with E-state index in [0.29, 0.717) is 32.4 Å². The van der Waals surface area contributed by atoms with Crippen LogP contribution in [-0.2, 0) is 14.2 Å². The Morgan fingerprint density at radius 2 is 1.29 bits per heavy atom. The second kappa shape index (κ2) is 9.41. The van der Waals surface area contributed by atoms with Gasteiger partial charge >= 0.3 is 6.03 Å². The quantitative estimate of drug-likeness (QED) is 0.532. The lowest BCUT2D eigenvalue weighted by Crippen LogP contribution is -2.58. The molecule has 0 unspecified atom stereocenters. The number of urea groups is 1. The van der Waals surface area contributed by atoms with Gasteiger partial charge in [0.2, 0.25) is 0 Å². The maximum atomic E-state index is 13.1. The van der Waals surface area contributed by atoms with Crippen LogP contribution in [0.2, 0.25) is 0 Å². The predicted molar refractivity (Wildman–Crippen MR) is 111 cm³/mol. The highest BCUT2D eigenvalue weighted by atomic mass is 16.5. The Morgan fingerprint density at radius 1 is 0.821 bits per heavy atom. The van der Waals surface area contributed by atoms with Crippen molar-refractivity contribution in [2.75, 3.05) is 41.5 Å². The molecule has 8 heteroatoms. The molecule has 0 N–H and O–H groups in total. The summed E-state index contributed by atoms with van der Waals surface area (Å²) in [5.74, 6) is 0.789. The minimum absolute atomic E-state index is 0.139. The van der Waals surface area contributed by atoms with Crippen LogP contribution >= 0.6 is 0 Å². The minimum atomic E-state index is -0.386. The van der Waals surface area contributed by atoms with Crippen LogP contribution in [0.25, 0.3) is 0 Å². The molecule has 0 aliphatic carbocycles. The van der Waals surface area contributed by atoms with Gasteiger partial charge in [-0.2, -0.15) is 5.10 Å². The normalized spacial score (nSPS) is 16.7. The smallest absolute Gasteiger partial charge is 0.359 e. The maximum Gasteiger partial charge on any atom is 0.359 e. The SMILES string of the molecule is COC(C)(C)CCN1N=C(CC(C)(C)OC)N(C)N(CCC(C)(C)OC)C1=O. The van der Waals surface area contributed by atoms with Crippen molar-refractivity contribution in [1.82, 2.24) is 15.0 Å². The van der Waals surface area contributed by atoms with E-state index in [-0.39, 0.29) is 22.8 Å². The summed E-state index contributed by atoms with van der Waals surface area (Å²) in [6.45, 7) is 13.1. The molecule has 0 aromatic carbocycles. The zero-order valence-electron chi connectivity index (χ0n) is 19.5. The first-order chi connectivity index (χ1) is 12.8. The summed E-state index contributed by atoms with van der Waals surface area (Å²) < 4.78 is 16.6. The molecule has 28 heavy (non-hydrogen) atoms. The Hall–Kier alpha value is -1.38. The van der Waals surface area contributed by atoms with E-state index in [0.717, 1.165) is 5.84 Å². The number of amides is 2. The van der Waals surface area contributed by atoms with Crippen LogP contribution < -0.4 is 0 Å². The average molecular weight is 401 g/mol. The number of hydrazone groups is 1. The van der Waals surface area contributed by atoms with Crippen molar-refractivity contribution in [3.8, 4) is 0 Å². The molecule has 0 saturated carbocycles. The molecular formula is C20H40N4O4. The van der Waals surface area contributed by atoms with Gasteiger partial charge in [-0.15, -0.1) is 0 Å². The summed E-state index contributed by atoms with van der Waals surface area (Å²) in [5.41, 5.74) is -1.03. The fourth-order valence-corrected chi connectivity index (χ4v) is 2.60. The molecule has 1 heterocycles. The van der Waals surface area contributed by atoms with Gasteiger partial charge < -0.3 is 14.2 Å². The molecule has 164 valence electrons. The van der Waals surface area contributed by atoms with Crippen molar-refractivity contribution >= 4 is 11.9 Å². The Labute approximate surface area is 170 Å². The van der Waals surface area contributed by atoms with E-state index in [4.69, 9.17) is 14.2 Å². The summed E-state index contributed by atoms with van der Waals surface area (Å²) in [5, 5.41) is 9.76. The maximum absolute atomic E-state index is 13.1. The van der Waals surface area contributed by atoms with Crippen LogP contribution in [-0.4, -0.2) is 85.2 Å². The monoisotopic (exact) mass is 400 g/mol. The second-order valence-electron chi connectivity index (χ2n) is 9.14. The van der Waals surface area contributed by atoms with Gasteiger partial charge in [0.1, 0.15) is 5.84 Å². The lowest BCUT2D eigenvalue weighted by atomic mass is 10.0. The van der Waals surface area contributed by atoms with Crippen LogP contribution in [0.15, 0.2) is 5.10 Å². The summed E-state index contributed by atoms with van der Waals surface area (Å²) >= 11 is 0. The molecule has 8 nitrogen and oxygen atoms in total. The molecule has 0 saturated heterocycles. The number of methoxy groups -OCH3 is 3. The van der Waals surface area contributed by atoms with Crippen LogP contribution in [0, 0.1) is 0 Å². The Balaban J connectivity index is 3.08. The zero-order chi connectivity index (χ0) is 21.8. The van der Waals surface area contributed by atoms with E-state index >= 15 is 0 Å². The lowest BCUT2D eigenvalue weighted by Gasteiger charge is -2.43. The fraction of sp³-hybridized carbons (Fsp3) is 0.900. The zero-order valence-corrected chi connectivity index (χ0v) is 19.5. The highest BCUT2D eigenvalue weighted by Crippen LogP contribution is 2.24. The molecule has 2 amide bonds. The number of carbonyl (C=O) groups excluding carboxylic acids is 1. The van der Waals surface area contributed by atoms with Gasteiger partial charge in [-0.05, 0) is 54.4 Å². The lowest BCUT2D eigenvalue weighted by molar-refractivity contribution is -0.0199. The van der Waals surface area contributed by atoms with E-state index in [1.807, 2.05) is 53.6 Å². The predicted octanol–water partition coefficient (Wildman–Crippen LogP) is 3.33. The van der Waals surface area contributed by atoms with Crippen molar-refractivity contribution in [1.29, 1.82) is 0 Å². The van der Waals surface area contributed by atoms with Crippen molar-refractivity contribution in [3.63, 3.8) is 0 Å². The van der Waals surface area contributed by atoms with E-state index in [2.05, 4.69) is 5.10 Å². The topological polar surface area (TPSA) is 66.8 Å². The molecule has 0 radical (unpaired) electrons. The number of hydrogen-bond donors (Lipinski definition) is 0. The van der Waals surface area contributed by atoms with Crippen LogP contribution in [0.3, 0.4) is 0 Å². The number of ether oxygens (including phenoxy) is 3. The highest BCUT2D eigenvalue weighted by molar-refractivity contribution is 5.89. The van der Waals surface area contributed by atoms with E-state index in [9.17, 15) is 4.79 Å². The van der Waals surface area contributed by atoms with Crippen molar-refractivity contribution in [3.05, 3.63) is 0 Å². The highest BCUT2D eigenvalue weighted by Gasteiger charge is 2.36. The number of hydrogen-bond acceptors (Lipinski definition) is 6. The molecular weight excluding hydrogens is 360 g/mol. The minimum Gasteiger partial charge on any atom is -0.379 e. The van der Waals surface area contributed by atoms with Gasteiger partial charge in [0.15, 0.2) is 0 Å². The number of hydrazine groups is 1. The number of amidine groups is 1. The Bertz CT molecular complexity index is 560. The molecule has 1 rings (SSSR count). The molecule has 0 aromatic heterocycles. The first-order valence-electron chi connectivity index (χ1n) is 9.83. The summed E-state index contributed by atoms with van der Waals surface area (Å²) in [4.78, 5) is 13.1. The van der Waals surface area contributed by atoms with Crippen molar-refractivity contribution in [2.45, 2.75) is 77.6 Å². The molecule has 0 atom stereocenters. The fourth-order valence-electron chi connectivity index (χ4n) is 2.60. The molecule has 1 aliphatic heterocycles. The first kappa shape index (κ1) is 24.7. The van der Waals surface area contributed by atoms with Gasteiger partial charge in [-0.25, -0.2) is 14.8 Å².